The Bertz CT molecular complexity index is 317. The van der Waals surface area contributed by atoms with Gasteiger partial charge in [-0.1, -0.05) is 40.2 Å². The first kappa shape index (κ1) is 13.6. The molecule has 0 saturated carbocycles. The fourth-order valence-corrected chi connectivity index (χ4v) is 1.97. The van der Waals surface area contributed by atoms with Crippen LogP contribution >= 0.6 is 15.9 Å². The molecule has 2 atom stereocenters. The van der Waals surface area contributed by atoms with Crippen molar-refractivity contribution < 1.29 is 15.3 Å². The van der Waals surface area contributed by atoms with E-state index in [4.69, 9.17) is 5.11 Å². The van der Waals surface area contributed by atoms with Gasteiger partial charge in [0, 0.05) is 11.9 Å². The lowest BCUT2D eigenvalue weighted by Gasteiger charge is -2.19. The molecule has 1 aromatic carbocycles. The predicted octanol–water partition coefficient (Wildman–Crippen LogP) is 1.40. The van der Waals surface area contributed by atoms with Crippen molar-refractivity contribution in [3.63, 3.8) is 0 Å². The van der Waals surface area contributed by atoms with Crippen LogP contribution in [0, 0.1) is 0 Å². The van der Waals surface area contributed by atoms with Crippen LogP contribution in [0.15, 0.2) is 24.3 Å². The minimum atomic E-state index is -0.880. The first-order valence-corrected chi connectivity index (χ1v) is 6.43. The molecule has 0 saturated heterocycles. The maximum absolute atomic E-state index is 9.93. The lowest BCUT2D eigenvalue weighted by Crippen LogP contribution is -2.20. The molecule has 0 amide bonds. The number of aliphatic hydroxyl groups is 3. The van der Waals surface area contributed by atoms with Gasteiger partial charge in [-0.3, -0.25) is 0 Å². The molecule has 1 rings (SSSR count). The second-order valence-electron chi connectivity index (χ2n) is 3.69. The molecular weight excluding hydrogens is 272 g/mol. The number of halogens is 1. The Morgan fingerprint density at radius 3 is 2.50 bits per heavy atom. The number of benzene rings is 1. The SMILES string of the molecule is OCCCc1ccccc1C(O)C(O)CBr. The average Bonchev–Trinajstić information content (AvgIpc) is 2.34. The summed E-state index contributed by atoms with van der Waals surface area (Å²) in [4.78, 5) is 0. The topological polar surface area (TPSA) is 60.7 Å². The van der Waals surface area contributed by atoms with E-state index >= 15 is 0 Å². The summed E-state index contributed by atoms with van der Waals surface area (Å²) in [5.74, 6) is 0. The summed E-state index contributed by atoms with van der Waals surface area (Å²) < 4.78 is 0. The monoisotopic (exact) mass is 288 g/mol. The average molecular weight is 289 g/mol. The van der Waals surface area contributed by atoms with Gasteiger partial charge in [-0.2, -0.15) is 0 Å². The summed E-state index contributed by atoms with van der Waals surface area (Å²) in [6.45, 7) is 0.130. The lowest BCUT2D eigenvalue weighted by atomic mass is 9.96. The molecule has 0 spiro atoms. The van der Waals surface area contributed by atoms with Gasteiger partial charge in [0.15, 0.2) is 0 Å². The van der Waals surface area contributed by atoms with E-state index in [0.29, 0.717) is 18.2 Å². The van der Waals surface area contributed by atoms with Gasteiger partial charge in [-0.05, 0) is 24.0 Å². The van der Waals surface area contributed by atoms with Crippen molar-refractivity contribution in [1.29, 1.82) is 0 Å². The van der Waals surface area contributed by atoms with Crippen molar-refractivity contribution in [2.75, 3.05) is 11.9 Å². The largest absolute Gasteiger partial charge is 0.396 e. The Labute approximate surface area is 104 Å². The van der Waals surface area contributed by atoms with E-state index in [1.807, 2.05) is 24.3 Å². The minimum Gasteiger partial charge on any atom is -0.396 e. The number of alkyl halides is 1. The molecule has 16 heavy (non-hydrogen) atoms. The minimum absolute atomic E-state index is 0.130. The van der Waals surface area contributed by atoms with Crippen molar-refractivity contribution in [2.45, 2.75) is 25.0 Å². The number of hydrogen-bond donors (Lipinski definition) is 3. The molecule has 0 radical (unpaired) electrons. The van der Waals surface area contributed by atoms with Crippen LogP contribution in [0.5, 0.6) is 0 Å². The summed E-state index contributed by atoms with van der Waals surface area (Å²) in [6, 6.07) is 7.45. The van der Waals surface area contributed by atoms with Gasteiger partial charge in [0.2, 0.25) is 0 Å². The second-order valence-corrected chi connectivity index (χ2v) is 4.34. The summed E-state index contributed by atoms with van der Waals surface area (Å²) in [7, 11) is 0. The third-order valence-electron chi connectivity index (χ3n) is 2.50. The zero-order valence-corrected chi connectivity index (χ0v) is 10.6. The zero-order chi connectivity index (χ0) is 12.0. The van der Waals surface area contributed by atoms with Crippen LogP contribution < -0.4 is 0 Å². The van der Waals surface area contributed by atoms with Gasteiger partial charge >= 0.3 is 0 Å². The summed E-state index contributed by atoms with van der Waals surface area (Å²) >= 11 is 3.14. The Balaban J connectivity index is 2.84. The molecule has 0 aliphatic rings. The first-order valence-electron chi connectivity index (χ1n) is 5.31. The highest BCUT2D eigenvalue weighted by Crippen LogP contribution is 2.23. The highest BCUT2D eigenvalue weighted by Gasteiger charge is 2.19. The normalized spacial score (nSPS) is 14.8. The summed E-state index contributed by atoms with van der Waals surface area (Å²) in [5, 5.41) is 28.6. The third-order valence-corrected chi connectivity index (χ3v) is 3.16. The van der Waals surface area contributed by atoms with E-state index in [0.717, 1.165) is 11.1 Å². The summed E-state index contributed by atoms with van der Waals surface area (Å²) in [6.07, 6.45) is -0.322. The molecule has 0 heterocycles. The van der Waals surface area contributed by atoms with Crippen LogP contribution in [-0.2, 0) is 6.42 Å². The first-order chi connectivity index (χ1) is 7.70. The maximum atomic E-state index is 9.93. The van der Waals surface area contributed by atoms with Crippen LogP contribution in [0.25, 0.3) is 0 Å². The molecule has 3 N–H and O–H groups in total. The number of rotatable bonds is 6. The Morgan fingerprint density at radius 1 is 1.19 bits per heavy atom. The maximum Gasteiger partial charge on any atom is 0.106 e. The molecule has 0 bridgehead atoms. The predicted molar refractivity (Wildman–Crippen MR) is 66.6 cm³/mol. The molecule has 1 aromatic rings. The van der Waals surface area contributed by atoms with Gasteiger partial charge in [-0.25, -0.2) is 0 Å². The smallest absolute Gasteiger partial charge is 0.106 e. The quantitative estimate of drug-likeness (QED) is 0.694. The second kappa shape index (κ2) is 7.01. The van der Waals surface area contributed by atoms with Crippen molar-refractivity contribution >= 4 is 15.9 Å². The van der Waals surface area contributed by atoms with Crippen molar-refractivity contribution in [3.8, 4) is 0 Å². The van der Waals surface area contributed by atoms with Crippen LogP contribution in [0.4, 0.5) is 0 Å². The molecule has 90 valence electrons. The van der Waals surface area contributed by atoms with Gasteiger partial charge in [0.05, 0.1) is 6.10 Å². The zero-order valence-electron chi connectivity index (χ0n) is 9.01. The molecule has 0 aliphatic heterocycles. The van der Waals surface area contributed by atoms with Crippen LogP contribution in [-0.4, -0.2) is 33.4 Å². The molecule has 0 fully saturated rings. The number of hydrogen-bond acceptors (Lipinski definition) is 3. The lowest BCUT2D eigenvalue weighted by molar-refractivity contribution is 0.0337. The molecular formula is C12H17BrO3. The number of aliphatic hydroxyl groups excluding tert-OH is 3. The fourth-order valence-electron chi connectivity index (χ4n) is 1.61. The molecule has 2 unspecified atom stereocenters. The van der Waals surface area contributed by atoms with Crippen LogP contribution in [0.2, 0.25) is 0 Å². The Kier molecular flexibility index (Phi) is 5.98. The van der Waals surface area contributed by atoms with Crippen molar-refractivity contribution in [1.82, 2.24) is 0 Å². The van der Waals surface area contributed by atoms with Crippen LogP contribution in [0.1, 0.15) is 23.7 Å². The standard InChI is InChI=1S/C12H17BrO3/c13-8-11(15)12(16)10-6-2-1-4-9(10)5-3-7-14/h1-2,4,6,11-12,14-16H,3,5,7-8H2. The van der Waals surface area contributed by atoms with E-state index in [1.54, 1.807) is 0 Å². The Hall–Kier alpha value is -0.420. The molecule has 4 heteroatoms. The number of aryl methyl sites for hydroxylation is 1. The van der Waals surface area contributed by atoms with Gasteiger partial charge in [-0.15, -0.1) is 0 Å². The van der Waals surface area contributed by atoms with Gasteiger partial charge in [0.1, 0.15) is 6.10 Å². The van der Waals surface area contributed by atoms with E-state index < -0.39 is 12.2 Å². The molecule has 0 aromatic heterocycles. The van der Waals surface area contributed by atoms with E-state index in [1.165, 1.54) is 0 Å². The van der Waals surface area contributed by atoms with E-state index in [9.17, 15) is 10.2 Å². The molecule has 0 aliphatic carbocycles. The highest BCUT2D eigenvalue weighted by molar-refractivity contribution is 9.09. The van der Waals surface area contributed by atoms with Gasteiger partial charge < -0.3 is 15.3 Å². The van der Waals surface area contributed by atoms with Crippen molar-refractivity contribution in [2.24, 2.45) is 0 Å². The van der Waals surface area contributed by atoms with Gasteiger partial charge in [0.25, 0.3) is 0 Å². The van der Waals surface area contributed by atoms with Crippen LogP contribution in [0.3, 0.4) is 0 Å². The van der Waals surface area contributed by atoms with E-state index in [-0.39, 0.29) is 6.61 Å². The van der Waals surface area contributed by atoms with Crippen molar-refractivity contribution in [3.05, 3.63) is 35.4 Å². The van der Waals surface area contributed by atoms with E-state index in [2.05, 4.69) is 15.9 Å². The highest BCUT2D eigenvalue weighted by atomic mass is 79.9. The Morgan fingerprint density at radius 2 is 1.88 bits per heavy atom. The third kappa shape index (κ3) is 3.56. The summed E-state index contributed by atoms with van der Waals surface area (Å²) in [5.41, 5.74) is 1.71. The molecule has 3 nitrogen and oxygen atoms in total. The fraction of sp³-hybridized carbons (Fsp3) is 0.500.